The number of thioether (sulfide) groups is 1. The highest BCUT2D eigenvalue weighted by Crippen LogP contribution is 2.46. The highest BCUT2D eigenvalue weighted by molar-refractivity contribution is 8.00. The van der Waals surface area contributed by atoms with Crippen LogP contribution in [0.25, 0.3) is 32.8 Å². The lowest BCUT2D eigenvalue weighted by molar-refractivity contribution is 0.150. The second-order valence-electron chi connectivity index (χ2n) is 10.9. The zero-order valence-electron chi connectivity index (χ0n) is 25.1. The third-order valence-corrected chi connectivity index (χ3v) is 10.3. The number of thiophene rings is 1. The maximum atomic E-state index is 10.2. The second-order valence-corrected chi connectivity index (χ2v) is 13.0. The van der Waals surface area contributed by atoms with E-state index in [0.29, 0.717) is 18.1 Å². The molecule has 45 heavy (non-hydrogen) atoms. The Kier molecular flexibility index (Phi) is 10.1. The molecule has 9 heteroatoms. The Balaban J connectivity index is 1.21. The number of ether oxygens (including phenoxy) is 1. The first-order valence-electron chi connectivity index (χ1n) is 15.1. The molecule has 0 bridgehead atoms. The number of aliphatic hydroxyl groups is 1. The van der Waals surface area contributed by atoms with Crippen molar-refractivity contribution < 1.29 is 9.84 Å². The number of aliphatic hydroxyl groups excluding tert-OH is 1. The average molecular weight is 634 g/mol. The van der Waals surface area contributed by atoms with Gasteiger partial charge in [-0.05, 0) is 73.0 Å². The smallest absolute Gasteiger partial charge is 0.227 e. The summed E-state index contributed by atoms with van der Waals surface area (Å²) >= 11 is 3.16. The number of nitrogens with one attached hydrogen (secondary N) is 1. The van der Waals surface area contributed by atoms with Crippen LogP contribution in [0.3, 0.4) is 0 Å². The summed E-state index contributed by atoms with van der Waals surface area (Å²) in [5.74, 6) is 1.24. The number of likely N-dealkylation sites (tertiary alicyclic amines) is 1. The molecule has 3 heterocycles. The Bertz CT molecular complexity index is 1790. The molecule has 1 fully saturated rings. The van der Waals surface area contributed by atoms with Crippen molar-refractivity contribution in [2.24, 2.45) is 0 Å². The SMILES string of the molecule is CSc1sc(-c2ccnc(Nc3cccc(OCCCN4CCCC4CO)c3)n2)c(-c2cccc(-c3ccccc3)c2)c1C#N. The molecule has 228 valence electrons. The molecule has 1 saturated heterocycles. The van der Waals surface area contributed by atoms with Crippen LogP contribution in [-0.2, 0) is 0 Å². The monoisotopic (exact) mass is 633 g/mol. The zero-order chi connectivity index (χ0) is 31.0. The number of hydrogen-bond donors (Lipinski definition) is 2. The topological polar surface area (TPSA) is 94.3 Å². The summed E-state index contributed by atoms with van der Waals surface area (Å²) in [6, 6.07) is 31.1. The quantitative estimate of drug-likeness (QED) is 0.105. The van der Waals surface area contributed by atoms with E-state index in [1.807, 2.05) is 60.9 Å². The fourth-order valence-corrected chi connectivity index (χ4v) is 7.70. The van der Waals surface area contributed by atoms with E-state index in [1.54, 1.807) is 29.3 Å². The van der Waals surface area contributed by atoms with Crippen LogP contribution in [0.15, 0.2) is 95.3 Å². The molecule has 1 unspecified atom stereocenters. The van der Waals surface area contributed by atoms with E-state index in [4.69, 9.17) is 9.72 Å². The number of rotatable bonds is 12. The normalized spacial score (nSPS) is 14.7. The van der Waals surface area contributed by atoms with Crippen LogP contribution in [0.1, 0.15) is 24.8 Å². The van der Waals surface area contributed by atoms with Gasteiger partial charge in [-0.25, -0.2) is 9.97 Å². The van der Waals surface area contributed by atoms with Crippen molar-refractivity contribution in [1.82, 2.24) is 14.9 Å². The van der Waals surface area contributed by atoms with Crippen LogP contribution in [0, 0.1) is 11.3 Å². The third-order valence-electron chi connectivity index (χ3n) is 7.98. The van der Waals surface area contributed by atoms with E-state index in [-0.39, 0.29) is 12.6 Å². The first-order valence-corrected chi connectivity index (χ1v) is 17.2. The van der Waals surface area contributed by atoms with Crippen LogP contribution in [0.4, 0.5) is 11.6 Å². The Labute approximate surface area is 272 Å². The van der Waals surface area contributed by atoms with Crippen molar-refractivity contribution in [3.8, 4) is 44.6 Å². The summed E-state index contributed by atoms with van der Waals surface area (Å²) in [6.45, 7) is 2.81. The van der Waals surface area contributed by atoms with Gasteiger partial charge in [-0.15, -0.1) is 23.1 Å². The number of hydrogen-bond acceptors (Lipinski definition) is 9. The minimum absolute atomic E-state index is 0.227. The molecule has 5 aromatic rings. The summed E-state index contributed by atoms with van der Waals surface area (Å²) < 4.78 is 7.01. The van der Waals surface area contributed by atoms with Crippen molar-refractivity contribution in [3.05, 3.63) is 96.7 Å². The zero-order valence-corrected chi connectivity index (χ0v) is 26.8. The van der Waals surface area contributed by atoms with Crippen molar-refractivity contribution in [2.45, 2.75) is 29.5 Å². The largest absolute Gasteiger partial charge is 0.493 e. The Hall–Kier alpha value is -4.20. The number of aromatic nitrogens is 2. The number of nitrogens with zero attached hydrogens (tertiary/aromatic N) is 4. The molecule has 3 aromatic carbocycles. The first kappa shape index (κ1) is 30.8. The van der Waals surface area contributed by atoms with Gasteiger partial charge in [0.15, 0.2) is 0 Å². The number of benzene rings is 3. The van der Waals surface area contributed by atoms with Gasteiger partial charge < -0.3 is 15.2 Å². The summed E-state index contributed by atoms with van der Waals surface area (Å²) in [4.78, 5) is 12.7. The summed E-state index contributed by atoms with van der Waals surface area (Å²) in [7, 11) is 0. The summed E-state index contributed by atoms with van der Waals surface area (Å²) in [5, 5.41) is 23.1. The Morgan fingerprint density at radius 3 is 2.69 bits per heavy atom. The van der Waals surface area contributed by atoms with Crippen LogP contribution in [0.2, 0.25) is 0 Å². The Morgan fingerprint density at radius 2 is 1.87 bits per heavy atom. The van der Waals surface area contributed by atoms with Crippen LogP contribution in [0.5, 0.6) is 5.75 Å². The fourth-order valence-electron chi connectivity index (χ4n) is 5.79. The van der Waals surface area contributed by atoms with Gasteiger partial charge in [0.25, 0.3) is 0 Å². The maximum absolute atomic E-state index is 10.2. The highest BCUT2D eigenvalue weighted by atomic mass is 32.2. The molecule has 7 nitrogen and oxygen atoms in total. The van der Waals surface area contributed by atoms with Gasteiger partial charge in [0.1, 0.15) is 11.8 Å². The molecule has 2 N–H and O–H groups in total. The van der Waals surface area contributed by atoms with Crippen molar-refractivity contribution >= 4 is 34.7 Å². The summed E-state index contributed by atoms with van der Waals surface area (Å²) in [5.41, 5.74) is 6.35. The second kappa shape index (κ2) is 14.7. The van der Waals surface area contributed by atoms with Gasteiger partial charge in [-0.1, -0.05) is 54.6 Å². The lowest BCUT2D eigenvalue weighted by Gasteiger charge is -2.22. The Morgan fingerprint density at radius 1 is 1.04 bits per heavy atom. The lowest BCUT2D eigenvalue weighted by Crippen LogP contribution is -2.33. The van der Waals surface area contributed by atoms with Crippen molar-refractivity contribution in [1.29, 1.82) is 5.26 Å². The van der Waals surface area contributed by atoms with Crippen molar-refractivity contribution in [3.63, 3.8) is 0 Å². The van der Waals surface area contributed by atoms with Gasteiger partial charge in [0.2, 0.25) is 5.95 Å². The molecule has 1 aliphatic heterocycles. The third kappa shape index (κ3) is 7.21. The predicted octanol–water partition coefficient (Wildman–Crippen LogP) is 8.10. The maximum Gasteiger partial charge on any atom is 0.227 e. The van der Waals surface area contributed by atoms with E-state index < -0.39 is 0 Å². The van der Waals surface area contributed by atoms with Crippen LogP contribution < -0.4 is 10.1 Å². The van der Waals surface area contributed by atoms with Gasteiger partial charge in [-0.2, -0.15) is 5.26 Å². The molecule has 0 saturated carbocycles. The summed E-state index contributed by atoms with van der Waals surface area (Å²) in [6.07, 6.45) is 6.87. The van der Waals surface area contributed by atoms with E-state index in [1.165, 1.54) is 0 Å². The van der Waals surface area contributed by atoms with Crippen LogP contribution in [-0.4, -0.2) is 58.6 Å². The highest BCUT2D eigenvalue weighted by Gasteiger charge is 2.23. The van der Waals surface area contributed by atoms with Gasteiger partial charge in [0, 0.05) is 36.1 Å². The van der Waals surface area contributed by atoms with E-state index >= 15 is 0 Å². The fraction of sp³-hybridized carbons (Fsp3) is 0.250. The molecule has 1 aliphatic rings. The van der Waals surface area contributed by atoms with Crippen molar-refractivity contribution in [2.75, 3.05) is 37.9 Å². The molecule has 6 rings (SSSR count). The number of nitriles is 1. The molecule has 0 spiro atoms. The molecule has 0 aliphatic carbocycles. The predicted molar refractivity (Wildman–Crippen MR) is 184 cm³/mol. The van der Waals surface area contributed by atoms with E-state index in [9.17, 15) is 10.4 Å². The van der Waals surface area contributed by atoms with Gasteiger partial charge in [0.05, 0.1) is 33.6 Å². The molecule has 2 aromatic heterocycles. The molecule has 0 amide bonds. The van der Waals surface area contributed by atoms with Crippen LogP contribution >= 0.6 is 23.1 Å². The van der Waals surface area contributed by atoms with Gasteiger partial charge >= 0.3 is 0 Å². The minimum Gasteiger partial charge on any atom is -0.493 e. The van der Waals surface area contributed by atoms with E-state index in [0.717, 1.165) is 80.8 Å². The van der Waals surface area contributed by atoms with Gasteiger partial charge in [-0.3, -0.25) is 4.90 Å². The molecular formula is C36H35N5O2S2. The lowest BCUT2D eigenvalue weighted by atomic mass is 9.96. The minimum atomic E-state index is 0.227. The molecule has 1 atom stereocenters. The molecule has 0 radical (unpaired) electrons. The average Bonchev–Trinajstić information content (AvgIpc) is 3.71. The molecular weight excluding hydrogens is 599 g/mol. The number of anilines is 2. The first-order chi connectivity index (χ1) is 22.2. The van der Waals surface area contributed by atoms with E-state index in [2.05, 4.69) is 51.6 Å². The standard InChI is InChI=1S/C36H35N5O2S2/c1-44-35-31(23-37)33(27-12-5-11-26(21-27)25-9-3-2-4-10-25)34(45-35)32-16-17-38-36(40-32)39-28-13-6-15-30(22-28)43-20-8-19-41-18-7-14-29(41)24-42/h2-6,9-13,15-17,21-22,29,42H,7-8,14,18-20,24H2,1H3,(H,38,39,40).